The van der Waals surface area contributed by atoms with Gasteiger partial charge in [0.15, 0.2) is 0 Å². The third-order valence-electron chi connectivity index (χ3n) is 3.93. The fourth-order valence-corrected chi connectivity index (χ4v) is 2.75. The molecule has 0 aliphatic carbocycles. The summed E-state index contributed by atoms with van der Waals surface area (Å²) in [6, 6.07) is 8.13. The zero-order valence-corrected chi connectivity index (χ0v) is 12.5. The van der Waals surface area contributed by atoms with Crippen LogP contribution >= 0.6 is 0 Å². The summed E-state index contributed by atoms with van der Waals surface area (Å²) in [5.41, 5.74) is 2.70. The summed E-state index contributed by atoms with van der Waals surface area (Å²) in [5, 5.41) is 3.44. The van der Waals surface area contributed by atoms with E-state index in [0.29, 0.717) is 6.42 Å². The van der Waals surface area contributed by atoms with E-state index < -0.39 is 0 Å². The van der Waals surface area contributed by atoms with Crippen molar-refractivity contribution in [3.63, 3.8) is 0 Å². The molecule has 110 valence electrons. The summed E-state index contributed by atoms with van der Waals surface area (Å²) in [5.74, 6) is 1.05. The molecule has 1 atom stereocenters. The van der Waals surface area contributed by atoms with Crippen molar-refractivity contribution in [2.75, 3.05) is 18.4 Å². The molecule has 1 amide bonds. The number of nitrogens with zero attached hydrogens (tertiary/aromatic N) is 3. The Balaban J connectivity index is 1.76. The molecule has 5 heteroatoms. The number of carbonyl (C=O) groups excluding carboxylic acids is 1. The summed E-state index contributed by atoms with van der Waals surface area (Å²) < 4.78 is 0. The van der Waals surface area contributed by atoms with Gasteiger partial charge in [-0.3, -0.25) is 4.79 Å². The molecule has 1 fully saturated rings. The van der Waals surface area contributed by atoms with Crippen molar-refractivity contribution < 1.29 is 4.79 Å². The Bertz CT molecular complexity index is 670. The number of carbonyl (C=O) groups is 1. The number of hydrogen-bond donors (Lipinski definition) is 1. The molecule has 0 bridgehead atoms. The van der Waals surface area contributed by atoms with Crippen molar-refractivity contribution in [1.29, 1.82) is 0 Å². The molecule has 0 spiro atoms. The standard InChI is InChI=1S/C16H20N4O/c1-3-15(21)20-9-8-12(10-20)18-16-11(2)17-13-6-4-5-7-14(13)19-16/h4-7,12H,3,8-10H2,1-2H3,(H,18,19). The zero-order chi connectivity index (χ0) is 14.8. The normalized spacial score (nSPS) is 18.2. The molecule has 21 heavy (non-hydrogen) atoms. The van der Waals surface area contributed by atoms with E-state index >= 15 is 0 Å². The number of nitrogens with one attached hydrogen (secondary N) is 1. The van der Waals surface area contributed by atoms with Gasteiger partial charge < -0.3 is 10.2 Å². The number of amides is 1. The number of fused-ring (bicyclic) bond motifs is 1. The molecular weight excluding hydrogens is 264 g/mol. The van der Waals surface area contributed by atoms with Gasteiger partial charge in [0.1, 0.15) is 5.82 Å². The van der Waals surface area contributed by atoms with E-state index in [2.05, 4.69) is 15.3 Å². The Hall–Kier alpha value is -2.17. The second-order valence-corrected chi connectivity index (χ2v) is 5.47. The molecule has 1 saturated heterocycles. The van der Waals surface area contributed by atoms with Crippen LogP contribution in [0.4, 0.5) is 5.82 Å². The first-order chi connectivity index (χ1) is 10.2. The molecule has 2 heterocycles. The molecule has 1 aromatic heterocycles. The smallest absolute Gasteiger partial charge is 0.222 e. The number of hydrogen-bond acceptors (Lipinski definition) is 4. The Morgan fingerprint density at radius 1 is 1.33 bits per heavy atom. The maximum Gasteiger partial charge on any atom is 0.222 e. The average Bonchev–Trinajstić information content (AvgIpc) is 2.96. The van der Waals surface area contributed by atoms with Crippen LogP contribution in [0.25, 0.3) is 11.0 Å². The van der Waals surface area contributed by atoms with Crippen LogP contribution in [0.3, 0.4) is 0 Å². The molecule has 0 radical (unpaired) electrons. The highest BCUT2D eigenvalue weighted by Crippen LogP contribution is 2.20. The minimum Gasteiger partial charge on any atom is -0.364 e. The van der Waals surface area contributed by atoms with E-state index in [9.17, 15) is 4.79 Å². The fourth-order valence-electron chi connectivity index (χ4n) is 2.75. The molecule has 3 rings (SSSR count). The maximum atomic E-state index is 11.7. The van der Waals surface area contributed by atoms with Gasteiger partial charge in [-0.25, -0.2) is 9.97 Å². The van der Waals surface area contributed by atoms with Gasteiger partial charge in [-0.15, -0.1) is 0 Å². The third-order valence-corrected chi connectivity index (χ3v) is 3.93. The first-order valence-electron chi connectivity index (χ1n) is 7.45. The lowest BCUT2D eigenvalue weighted by molar-refractivity contribution is -0.129. The Kier molecular flexibility index (Phi) is 3.73. The van der Waals surface area contributed by atoms with E-state index in [1.165, 1.54) is 0 Å². The molecule has 5 nitrogen and oxygen atoms in total. The van der Waals surface area contributed by atoms with Gasteiger partial charge in [-0.1, -0.05) is 19.1 Å². The number of anilines is 1. The number of benzene rings is 1. The van der Waals surface area contributed by atoms with Gasteiger partial charge in [0.05, 0.1) is 16.7 Å². The quantitative estimate of drug-likeness (QED) is 0.940. The highest BCUT2D eigenvalue weighted by Gasteiger charge is 2.25. The van der Waals surface area contributed by atoms with E-state index in [-0.39, 0.29) is 11.9 Å². The molecule has 1 aliphatic rings. The van der Waals surface area contributed by atoms with Crippen LogP contribution in [0, 0.1) is 6.92 Å². The molecule has 1 N–H and O–H groups in total. The van der Waals surface area contributed by atoms with Gasteiger partial charge in [-0.2, -0.15) is 0 Å². The number of aromatic nitrogens is 2. The maximum absolute atomic E-state index is 11.7. The topological polar surface area (TPSA) is 58.1 Å². The Labute approximate surface area is 124 Å². The van der Waals surface area contributed by atoms with Gasteiger partial charge in [0.2, 0.25) is 5.91 Å². The molecule has 1 aliphatic heterocycles. The second-order valence-electron chi connectivity index (χ2n) is 5.47. The van der Waals surface area contributed by atoms with Crippen LogP contribution in [-0.4, -0.2) is 39.9 Å². The van der Waals surface area contributed by atoms with E-state index in [4.69, 9.17) is 0 Å². The average molecular weight is 284 g/mol. The molecule has 1 unspecified atom stereocenters. The van der Waals surface area contributed by atoms with Gasteiger partial charge in [0.25, 0.3) is 0 Å². The monoisotopic (exact) mass is 284 g/mol. The third kappa shape index (κ3) is 2.82. The van der Waals surface area contributed by atoms with Crippen molar-refractivity contribution in [3.8, 4) is 0 Å². The number of rotatable bonds is 3. The summed E-state index contributed by atoms with van der Waals surface area (Å²) >= 11 is 0. The first kappa shape index (κ1) is 13.8. The van der Waals surface area contributed by atoms with E-state index in [1.54, 1.807) is 0 Å². The van der Waals surface area contributed by atoms with Crippen LogP contribution in [-0.2, 0) is 4.79 Å². The summed E-state index contributed by atoms with van der Waals surface area (Å²) in [6.07, 6.45) is 1.53. The minimum atomic E-state index is 0.223. The molecule has 2 aromatic rings. The van der Waals surface area contributed by atoms with Crippen LogP contribution < -0.4 is 5.32 Å². The number of aryl methyl sites for hydroxylation is 1. The summed E-state index contributed by atoms with van der Waals surface area (Å²) in [6.45, 7) is 5.44. The van der Waals surface area contributed by atoms with Crippen LogP contribution in [0.2, 0.25) is 0 Å². The summed E-state index contributed by atoms with van der Waals surface area (Å²) in [7, 11) is 0. The van der Waals surface area contributed by atoms with Crippen molar-refractivity contribution in [3.05, 3.63) is 30.0 Å². The fraction of sp³-hybridized carbons (Fsp3) is 0.438. The highest BCUT2D eigenvalue weighted by atomic mass is 16.2. The summed E-state index contributed by atoms with van der Waals surface area (Å²) in [4.78, 5) is 22.9. The van der Waals surface area contributed by atoms with Gasteiger partial charge in [0, 0.05) is 25.6 Å². The lowest BCUT2D eigenvalue weighted by Gasteiger charge is -2.17. The predicted molar refractivity (Wildman–Crippen MR) is 83.2 cm³/mol. The molecule has 1 aromatic carbocycles. The number of para-hydroxylation sites is 2. The van der Waals surface area contributed by atoms with Crippen molar-refractivity contribution in [1.82, 2.24) is 14.9 Å². The largest absolute Gasteiger partial charge is 0.364 e. The SMILES string of the molecule is CCC(=O)N1CCC(Nc2nc3ccccc3nc2C)C1. The first-order valence-corrected chi connectivity index (χ1v) is 7.45. The predicted octanol–water partition coefficient (Wildman–Crippen LogP) is 2.36. The van der Waals surface area contributed by atoms with Crippen molar-refractivity contribution in [2.24, 2.45) is 0 Å². The van der Waals surface area contributed by atoms with Gasteiger partial charge in [-0.05, 0) is 25.5 Å². The second kappa shape index (κ2) is 5.68. The zero-order valence-electron chi connectivity index (χ0n) is 12.5. The number of likely N-dealkylation sites (tertiary alicyclic amines) is 1. The van der Waals surface area contributed by atoms with E-state index in [1.807, 2.05) is 43.0 Å². The molecule has 0 saturated carbocycles. The Morgan fingerprint density at radius 2 is 2.05 bits per heavy atom. The van der Waals surface area contributed by atoms with Crippen molar-refractivity contribution in [2.45, 2.75) is 32.7 Å². The van der Waals surface area contributed by atoms with Gasteiger partial charge >= 0.3 is 0 Å². The van der Waals surface area contributed by atoms with Crippen LogP contribution in [0.5, 0.6) is 0 Å². The lowest BCUT2D eigenvalue weighted by Crippen LogP contribution is -2.31. The van der Waals surface area contributed by atoms with Crippen LogP contribution in [0.1, 0.15) is 25.5 Å². The molecular formula is C16H20N4O. The highest BCUT2D eigenvalue weighted by molar-refractivity contribution is 5.77. The van der Waals surface area contributed by atoms with E-state index in [0.717, 1.165) is 42.1 Å². The lowest BCUT2D eigenvalue weighted by atomic mass is 10.2. The van der Waals surface area contributed by atoms with Crippen molar-refractivity contribution >= 4 is 22.8 Å². The Morgan fingerprint density at radius 3 is 2.76 bits per heavy atom. The van der Waals surface area contributed by atoms with Crippen LogP contribution in [0.15, 0.2) is 24.3 Å². The minimum absolute atomic E-state index is 0.223.